The van der Waals surface area contributed by atoms with Gasteiger partial charge in [0.1, 0.15) is 11.4 Å². The van der Waals surface area contributed by atoms with Gasteiger partial charge in [-0.1, -0.05) is 43.5 Å². The molecule has 1 aliphatic carbocycles. The summed E-state index contributed by atoms with van der Waals surface area (Å²) in [5.41, 5.74) is 1.34. The largest absolute Gasteiger partial charge is 0.348 e. The fraction of sp³-hybridized carbons (Fsp3) is 0.350. The fourth-order valence-electron chi connectivity index (χ4n) is 3.13. The summed E-state index contributed by atoms with van der Waals surface area (Å²) in [4.78, 5) is 30.9. The van der Waals surface area contributed by atoms with Gasteiger partial charge in [0, 0.05) is 18.8 Å². The van der Waals surface area contributed by atoms with E-state index in [0.29, 0.717) is 0 Å². The predicted octanol–water partition coefficient (Wildman–Crippen LogP) is 3.42. The number of hydrogen-bond donors (Lipinski definition) is 1. The summed E-state index contributed by atoms with van der Waals surface area (Å²) >= 11 is 0. The van der Waals surface area contributed by atoms with Crippen LogP contribution in [0.1, 0.15) is 53.1 Å². The van der Waals surface area contributed by atoms with Gasteiger partial charge in [0.25, 0.3) is 11.8 Å². The number of nitrogens with one attached hydrogen (secondary N) is 1. The van der Waals surface area contributed by atoms with Crippen LogP contribution in [0.25, 0.3) is 0 Å². The van der Waals surface area contributed by atoms with Crippen LogP contribution in [0, 0.1) is 0 Å². The molecule has 0 aliphatic heterocycles. The summed E-state index contributed by atoms with van der Waals surface area (Å²) < 4.78 is 0. The van der Waals surface area contributed by atoms with E-state index in [9.17, 15) is 9.59 Å². The summed E-state index contributed by atoms with van der Waals surface area (Å²) in [6, 6.07) is 14.6. The van der Waals surface area contributed by atoms with E-state index in [4.69, 9.17) is 0 Å². The third-order valence-electron chi connectivity index (χ3n) is 4.59. The molecule has 1 fully saturated rings. The van der Waals surface area contributed by atoms with E-state index in [0.717, 1.165) is 31.4 Å². The molecule has 1 heterocycles. The summed E-state index contributed by atoms with van der Waals surface area (Å²) in [5, 5.41) is 3.04. The Morgan fingerprint density at radius 2 is 1.64 bits per heavy atom. The number of hydrogen-bond acceptors (Lipinski definition) is 3. The standard InChI is InChI=1S/C20H23N3O2/c1-23(16-11-6-3-7-12-16)20(25)18-14-8-13-17(22-18)19(24)21-15-9-4-2-5-10-15/h3,6-8,11-15H,2,4-5,9-10H2,1H3,(H,21,24). The van der Waals surface area contributed by atoms with Crippen LogP contribution in [0.5, 0.6) is 0 Å². The van der Waals surface area contributed by atoms with Gasteiger partial charge in [-0.15, -0.1) is 0 Å². The smallest absolute Gasteiger partial charge is 0.276 e. The van der Waals surface area contributed by atoms with Crippen molar-refractivity contribution in [2.75, 3.05) is 11.9 Å². The minimum atomic E-state index is -0.237. The quantitative estimate of drug-likeness (QED) is 0.930. The number of amides is 2. The molecule has 0 atom stereocenters. The number of anilines is 1. The maximum Gasteiger partial charge on any atom is 0.276 e. The molecule has 0 unspecified atom stereocenters. The highest BCUT2D eigenvalue weighted by Crippen LogP contribution is 2.18. The Hall–Kier alpha value is -2.69. The van der Waals surface area contributed by atoms with Crippen LogP contribution in [-0.4, -0.2) is 29.9 Å². The zero-order chi connectivity index (χ0) is 17.6. The lowest BCUT2D eigenvalue weighted by Crippen LogP contribution is -2.37. The molecular weight excluding hydrogens is 314 g/mol. The van der Waals surface area contributed by atoms with E-state index in [1.807, 2.05) is 30.3 Å². The Kier molecular flexibility index (Phi) is 5.43. The molecule has 0 radical (unpaired) electrons. The molecular formula is C20H23N3O2. The lowest BCUT2D eigenvalue weighted by atomic mass is 9.95. The number of benzene rings is 1. The third-order valence-corrected chi connectivity index (χ3v) is 4.59. The van der Waals surface area contributed by atoms with E-state index >= 15 is 0 Å². The molecule has 2 aromatic rings. The van der Waals surface area contributed by atoms with E-state index in [1.165, 1.54) is 11.3 Å². The van der Waals surface area contributed by atoms with Crippen LogP contribution in [0.2, 0.25) is 0 Å². The summed E-state index contributed by atoms with van der Waals surface area (Å²) in [7, 11) is 1.70. The van der Waals surface area contributed by atoms with E-state index < -0.39 is 0 Å². The first kappa shape index (κ1) is 17.1. The van der Waals surface area contributed by atoms with Crippen LogP contribution < -0.4 is 10.2 Å². The molecule has 5 heteroatoms. The van der Waals surface area contributed by atoms with Gasteiger partial charge < -0.3 is 10.2 Å². The zero-order valence-electron chi connectivity index (χ0n) is 14.4. The average Bonchev–Trinajstić information content (AvgIpc) is 2.68. The van der Waals surface area contributed by atoms with Crippen molar-refractivity contribution in [1.82, 2.24) is 10.3 Å². The van der Waals surface area contributed by atoms with Gasteiger partial charge in [0.15, 0.2) is 0 Å². The molecule has 5 nitrogen and oxygen atoms in total. The lowest BCUT2D eigenvalue weighted by molar-refractivity contribution is 0.0922. The molecule has 1 aromatic heterocycles. The molecule has 1 aromatic carbocycles. The molecule has 3 rings (SSSR count). The van der Waals surface area contributed by atoms with Crippen molar-refractivity contribution < 1.29 is 9.59 Å². The van der Waals surface area contributed by atoms with Gasteiger partial charge in [-0.3, -0.25) is 9.59 Å². The number of carbonyl (C=O) groups is 2. The number of aromatic nitrogens is 1. The van der Waals surface area contributed by atoms with Crippen molar-refractivity contribution >= 4 is 17.5 Å². The monoisotopic (exact) mass is 337 g/mol. The second kappa shape index (κ2) is 7.92. The van der Waals surface area contributed by atoms with Gasteiger partial charge in [-0.25, -0.2) is 4.98 Å². The molecule has 0 saturated heterocycles. The van der Waals surface area contributed by atoms with Gasteiger partial charge in [0.05, 0.1) is 0 Å². The average molecular weight is 337 g/mol. The van der Waals surface area contributed by atoms with Crippen molar-refractivity contribution in [3.63, 3.8) is 0 Å². The topological polar surface area (TPSA) is 62.3 Å². The van der Waals surface area contributed by atoms with Gasteiger partial charge in [-0.2, -0.15) is 0 Å². The predicted molar refractivity (Wildman–Crippen MR) is 97.8 cm³/mol. The van der Waals surface area contributed by atoms with Crippen LogP contribution in [-0.2, 0) is 0 Å². The maximum atomic E-state index is 12.6. The number of para-hydroxylation sites is 1. The van der Waals surface area contributed by atoms with Crippen molar-refractivity contribution in [3.05, 3.63) is 59.9 Å². The highest BCUT2D eigenvalue weighted by molar-refractivity contribution is 6.05. The van der Waals surface area contributed by atoms with Crippen molar-refractivity contribution in [2.24, 2.45) is 0 Å². The van der Waals surface area contributed by atoms with Gasteiger partial charge in [-0.05, 0) is 37.1 Å². The van der Waals surface area contributed by atoms with Crippen LogP contribution in [0.15, 0.2) is 48.5 Å². The Morgan fingerprint density at radius 1 is 0.960 bits per heavy atom. The normalized spacial score (nSPS) is 14.8. The first-order valence-electron chi connectivity index (χ1n) is 8.76. The second-order valence-electron chi connectivity index (χ2n) is 6.42. The van der Waals surface area contributed by atoms with Crippen LogP contribution in [0.4, 0.5) is 5.69 Å². The van der Waals surface area contributed by atoms with Gasteiger partial charge >= 0.3 is 0 Å². The molecule has 1 N–H and O–H groups in total. The zero-order valence-corrected chi connectivity index (χ0v) is 14.4. The first-order valence-corrected chi connectivity index (χ1v) is 8.76. The minimum absolute atomic E-state index is 0.205. The Labute approximate surface area is 148 Å². The fourth-order valence-corrected chi connectivity index (χ4v) is 3.13. The van der Waals surface area contributed by atoms with E-state index in [-0.39, 0.29) is 29.2 Å². The summed E-state index contributed by atoms with van der Waals surface area (Å²) in [6.45, 7) is 0. The number of rotatable bonds is 4. The maximum absolute atomic E-state index is 12.6. The molecule has 1 aliphatic rings. The Bertz CT molecular complexity index is 740. The minimum Gasteiger partial charge on any atom is -0.348 e. The van der Waals surface area contributed by atoms with Crippen molar-refractivity contribution in [1.29, 1.82) is 0 Å². The van der Waals surface area contributed by atoms with Crippen LogP contribution >= 0.6 is 0 Å². The van der Waals surface area contributed by atoms with Crippen molar-refractivity contribution in [3.8, 4) is 0 Å². The SMILES string of the molecule is CN(C(=O)c1cccc(C(=O)NC2CCCCC2)n1)c1ccccc1. The summed E-state index contributed by atoms with van der Waals surface area (Å²) in [5.74, 6) is -0.442. The third kappa shape index (κ3) is 4.24. The van der Waals surface area contributed by atoms with E-state index in [1.54, 1.807) is 25.2 Å². The highest BCUT2D eigenvalue weighted by Gasteiger charge is 2.20. The van der Waals surface area contributed by atoms with Crippen LogP contribution in [0.3, 0.4) is 0 Å². The lowest BCUT2D eigenvalue weighted by Gasteiger charge is -2.22. The van der Waals surface area contributed by atoms with E-state index in [2.05, 4.69) is 10.3 Å². The molecule has 130 valence electrons. The molecule has 2 amide bonds. The number of nitrogens with zero attached hydrogens (tertiary/aromatic N) is 2. The Balaban J connectivity index is 1.72. The molecule has 0 spiro atoms. The highest BCUT2D eigenvalue weighted by atomic mass is 16.2. The Morgan fingerprint density at radius 3 is 2.36 bits per heavy atom. The number of pyridine rings is 1. The number of carbonyl (C=O) groups excluding carboxylic acids is 2. The van der Waals surface area contributed by atoms with Gasteiger partial charge in [0.2, 0.25) is 0 Å². The molecule has 25 heavy (non-hydrogen) atoms. The van der Waals surface area contributed by atoms with Crippen molar-refractivity contribution in [2.45, 2.75) is 38.1 Å². The first-order chi connectivity index (χ1) is 12.1. The second-order valence-corrected chi connectivity index (χ2v) is 6.42. The molecule has 1 saturated carbocycles. The summed E-state index contributed by atoms with van der Waals surface area (Å²) in [6.07, 6.45) is 5.57. The molecule has 0 bridgehead atoms.